The highest BCUT2D eigenvalue weighted by atomic mass is 16.7. The van der Waals surface area contributed by atoms with Crippen LogP contribution in [0.25, 0.3) is 0 Å². The molecule has 10 nitrogen and oxygen atoms in total. The summed E-state index contributed by atoms with van der Waals surface area (Å²) in [6, 6.07) is 7.41. The van der Waals surface area contributed by atoms with Crippen LogP contribution < -0.4 is 5.32 Å². The number of nitrogens with one attached hydrogen (secondary N) is 1. The Bertz CT molecular complexity index is 670. The van der Waals surface area contributed by atoms with Gasteiger partial charge < -0.3 is 40.3 Å². The number of benzene rings is 1. The maximum Gasteiger partial charge on any atom is 0.367 e. The predicted molar refractivity (Wildman–Crippen MR) is 93.4 cm³/mol. The standard InChI is InChI=1S/C18H25NO9/c1-10(21)19-14-12(22)7-18(26,28-16(14)15(24)13(23)8-20)17(25)27-9-11-5-3-2-4-6-11/h2-6,12-16,20,22-24,26H,7-9H2,1H3,(H,19,21)/t12?,13-,14?,15-,16?,18?/m1/s1. The average Bonchev–Trinajstić information content (AvgIpc) is 2.67. The van der Waals surface area contributed by atoms with Gasteiger partial charge in [0.2, 0.25) is 5.91 Å². The van der Waals surface area contributed by atoms with Crippen molar-refractivity contribution in [3.05, 3.63) is 35.9 Å². The number of ether oxygens (including phenoxy) is 2. The fourth-order valence-corrected chi connectivity index (χ4v) is 2.97. The second-order valence-electron chi connectivity index (χ2n) is 6.67. The van der Waals surface area contributed by atoms with E-state index in [9.17, 15) is 30.0 Å². The van der Waals surface area contributed by atoms with Crippen LogP contribution in [0.3, 0.4) is 0 Å². The molecule has 0 aromatic heterocycles. The summed E-state index contributed by atoms with van der Waals surface area (Å²) < 4.78 is 10.3. The monoisotopic (exact) mass is 399 g/mol. The topological polar surface area (TPSA) is 166 Å². The van der Waals surface area contributed by atoms with Crippen LogP contribution in [0.15, 0.2) is 30.3 Å². The molecule has 1 aliphatic rings. The molecule has 156 valence electrons. The third kappa shape index (κ3) is 5.25. The molecule has 0 aliphatic carbocycles. The predicted octanol–water partition coefficient (Wildman–Crippen LogP) is -2.21. The summed E-state index contributed by atoms with van der Waals surface area (Å²) in [5.74, 6) is -4.39. The van der Waals surface area contributed by atoms with E-state index in [2.05, 4.69) is 5.32 Å². The van der Waals surface area contributed by atoms with Gasteiger partial charge in [-0.15, -0.1) is 0 Å². The van der Waals surface area contributed by atoms with E-state index < -0.39 is 61.1 Å². The van der Waals surface area contributed by atoms with Crippen molar-refractivity contribution < 1.29 is 44.6 Å². The molecule has 6 atom stereocenters. The Morgan fingerprint density at radius 2 is 1.96 bits per heavy atom. The van der Waals surface area contributed by atoms with E-state index in [0.717, 1.165) is 6.92 Å². The molecule has 1 fully saturated rings. The largest absolute Gasteiger partial charge is 0.457 e. The SMILES string of the molecule is CC(=O)NC1C(O)CC(O)(C(=O)OCc2ccccc2)OC1[C@H](O)[C@H](O)CO. The molecule has 1 aromatic rings. The summed E-state index contributed by atoms with van der Waals surface area (Å²) in [5.41, 5.74) is 0.652. The van der Waals surface area contributed by atoms with Crippen LogP contribution >= 0.6 is 0 Å². The fraction of sp³-hybridized carbons (Fsp3) is 0.556. The van der Waals surface area contributed by atoms with Crippen LogP contribution in [0.5, 0.6) is 0 Å². The Labute approximate surface area is 161 Å². The maximum absolute atomic E-state index is 12.4. The normalized spacial score (nSPS) is 29.6. The van der Waals surface area contributed by atoms with Gasteiger partial charge in [-0.1, -0.05) is 30.3 Å². The molecule has 0 bridgehead atoms. The lowest BCUT2D eigenvalue weighted by Gasteiger charge is -2.45. The zero-order valence-corrected chi connectivity index (χ0v) is 15.3. The summed E-state index contributed by atoms with van der Waals surface area (Å²) in [7, 11) is 0. The molecule has 0 radical (unpaired) electrons. The van der Waals surface area contributed by atoms with E-state index in [-0.39, 0.29) is 6.61 Å². The average molecular weight is 399 g/mol. The van der Waals surface area contributed by atoms with Crippen LogP contribution in [0, 0.1) is 0 Å². The van der Waals surface area contributed by atoms with E-state index in [1.54, 1.807) is 30.3 Å². The van der Waals surface area contributed by atoms with Crippen LogP contribution in [0.1, 0.15) is 18.9 Å². The molecule has 1 aromatic carbocycles. The third-order valence-electron chi connectivity index (χ3n) is 4.40. The first kappa shape index (κ1) is 22.2. The van der Waals surface area contributed by atoms with Gasteiger partial charge in [-0.25, -0.2) is 4.79 Å². The summed E-state index contributed by atoms with van der Waals surface area (Å²) in [6.45, 7) is 0.150. The summed E-state index contributed by atoms with van der Waals surface area (Å²) in [6.07, 6.45) is -7.24. The van der Waals surface area contributed by atoms with E-state index >= 15 is 0 Å². The van der Waals surface area contributed by atoms with Crippen LogP contribution in [0.2, 0.25) is 0 Å². The molecule has 10 heteroatoms. The minimum Gasteiger partial charge on any atom is -0.457 e. The molecule has 1 heterocycles. The highest BCUT2D eigenvalue weighted by molar-refractivity contribution is 5.78. The highest BCUT2D eigenvalue weighted by Crippen LogP contribution is 2.31. The number of amides is 1. The molecular formula is C18H25NO9. The number of carbonyl (C=O) groups is 2. The third-order valence-corrected chi connectivity index (χ3v) is 4.40. The smallest absolute Gasteiger partial charge is 0.367 e. The van der Waals surface area contributed by atoms with E-state index in [4.69, 9.17) is 14.6 Å². The molecule has 1 amide bonds. The molecule has 0 spiro atoms. The van der Waals surface area contributed by atoms with Gasteiger partial charge in [-0.05, 0) is 5.56 Å². The van der Waals surface area contributed by atoms with Crippen LogP contribution in [0.4, 0.5) is 0 Å². The van der Waals surface area contributed by atoms with Gasteiger partial charge in [0.25, 0.3) is 5.79 Å². The number of hydrogen-bond donors (Lipinski definition) is 6. The van der Waals surface area contributed by atoms with Gasteiger partial charge in [0.05, 0.1) is 18.8 Å². The fourth-order valence-electron chi connectivity index (χ4n) is 2.97. The molecular weight excluding hydrogens is 374 g/mol. The van der Waals surface area contributed by atoms with Gasteiger partial charge in [0.15, 0.2) is 0 Å². The number of esters is 1. The van der Waals surface area contributed by atoms with Crippen molar-refractivity contribution in [3.8, 4) is 0 Å². The lowest BCUT2D eigenvalue weighted by atomic mass is 9.88. The van der Waals surface area contributed by atoms with Gasteiger partial charge in [-0.2, -0.15) is 0 Å². The van der Waals surface area contributed by atoms with Crippen molar-refractivity contribution in [1.29, 1.82) is 0 Å². The van der Waals surface area contributed by atoms with Crippen molar-refractivity contribution in [2.45, 2.75) is 56.2 Å². The summed E-state index contributed by atoms with van der Waals surface area (Å²) in [4.78, 5) is 23.8. The first-order chi connectivity index (χ1) is 13.2. The molecule has 6 N–H and O–H groups in total. The number of rotatable bonds is 7. The maximum atomic E-state index is 12.4. The Balaban J connectivity index is 2.17. The zero-order valence-electron chi connectivity index (χ0n) is 15.3. The van der Waals surface area contributed by atoms with Crippen molar-refractivity contribution in [1.82, 2.24) is 5.32 Å². The van der Waals surface area contributed by atoms with Crippen LogP contribution in [-0.4, -0.2) is 80.3 Å². The molecule has 2 rings (SSSR count). The molecule has 1 saturated heterocycles. The summed E-state index contributed by atoms with van der Waals surface area (Å²) >= 11 is 0. The number of hydrogen-bond acceptors (Lipinski definition) is 9. The van der Waals surface area contributed by atoms with E-state index in [1.807, 2.05) is 0 Å². The zero-order chi connectivity index (χ0) is 20.9. The Morgan fingerprint density at radius 1 is 1.32 bits per heavy atom. The van der Waals surface area contributed by atoms with Crippen molar-refractivity contribution in [3.63, 3.8) is 0 Å². The molecule has 4 unspecified atom stereocenters. The molecule has 0 saturated carbocycles. The van der Waals surface area contributed by atoms with E-state index in [0.29, 0.717) is 5.56 Å². The summed E-state index contributed by atoms with van der Waals surface area (Å²) in [5, 5.41) is 52.2. The molecule has 1 aliphatic heterocycles. The van der Waals surface area contributed by atoms with Crippen molar-refractivity contribution in [2.75, 3.05) is 6.61 Å². The van der Waals surface area contributed by atoms with E-state index in [1.165, 1.54) is 0 Å². The number of aliphatic hydroxyl groups excluding tert-OH is 4. The highest BCUT2D eigenvalue weighted by Gasteiger charge is 2.54. The quantitative estimate of drug-likeness (QED) is 0.279. The van der Waals surface area contributed by atoms with Crippen molar-refractivity contribution in [2.24, 2.45) is 0 Å². The van der Waals surface area contributed by atoms with Gasteiger partial charge in [0, 0.05) is 13.3 Å². The second kappa shape index (κ2) is 9.41. The lowest BCUT2D eigenvalue weighted by Crippen LogP contribution is -2.67. The Hall–Kier alpha value is -2.08. The minimum atomic E-state index is -2.62. The second-order valence-corrected chi connectivity index (χ2v) is 6.67. The van der Waals surface area contributed by atoms with Gasteiger partial charge in [0.1, 0.15) is 24.9 Å². The van der Waals surface area contributed by atoms with Crippen LogP contribution in [-0.2, 0) is 25.7 Å². The number of carbonyl (C=O) groups excluding carboxylic acids is 2. The van der Waals surface area contributed by atoms with Gasteiger partial charge >= 0.3 is 5.97 Å². The minimum absolute atomic E-state index is 0.164. The molecule has 28 heavy (non-hydrogen) atoms. The Morgan fingerprint density at radius 3 is 2.54 bits per heavy atom. The van der Waals surface area contributed by atoms with Crippen molar-refractivity contribution >= 4 is 11.9 Å². The first-order valence-electron chi connectivity index (χ1n) is 8.71. The number of aliphatic hydroxyl groups is 5. The van der Waals surface area contributed by atoms with Gasteiger partial charge in [-0.3, -0.25) is 4.79 Å². The first-order valence-corrected chi connectivity index (χ1v) is 8.71. The Kier molecular flexibility index (Phi) is 7.47. The lowest BCUT2D eigenvalue weighted by molar-refractivity contribution is -0.297.